The van der Waals surface area contributed by atoms with Gasteiger partial charge in [0.25, 0.3) is 0 Å². The Morgan fingerprint density at radius 3 is 0.911 bits per heavy atom. The number of aromatic nitrogens is 2. The number of nitrogens with zero attached hydrogens (tertiary/aromatic N) is 2. The van der Waals surface area contributed by atoms with Gasteiger partial charge in [-0.3, -0.25) is 0 Å². The first-order valence-electron chi connectivity index (χ1n) is 27.3. The molecular formula is C76H46N2S. The van der Waals surface area contributed by atoms with Crippen LogP contribution in [-0.4, -0.2) is 9.13 Å². The lowest BCUT2D eigenvalue weighted by molar-refractivity contribution is 1.18. The average molecular weight is 1020 g/mol. The number of rotatable bonds is 6. The second-order valence-corrected chi connectivity index (χ2v) is 22.0. The molecule has 3 aromatic heterocycles. The zero-order valence-corrected chi connectivity index (χ0v) is 43.7. The van der Waals surface area contributed by atoms with E-state index in [1.54, 1.807) is 0 Å². The molecule has 0 aliphatic carbocycles. The first-order valence-corrected chi connectivity index (χ1v) is 28.1. The molecule has 79 heavy (non-hydrogen) atoms. The van der Waals surface area contributed by atoms with Gasteiger partial charge < -0.3 is 9.13 Å². The summed E-state index contributed by atoms with van der Waals surface area (Å²) in [6.45, 7) is 0. The van der Waals surface area contributed by atoms with E-state index in [1.165, 1.54) is 151 Å². The van der Waals surface area contributed by atoms with Crippen LogP contribution in [0.25, 0.3) is 163 Å². The second-order valence-electron chi connectivity index (χ2n) is 20.9. The highest BCUT2D eigenvalue weighted by molar-refractivity contribution is 7.26. The Balaban J connectivity index is 0.909. The van der Waals surface area contributed by atoms with Crippen LogP contribution in [0.15, 0.2) is 279 Å². The van der Waals surface area contributed by atoms with Crippen molar-refractivity contribution in [2.24, 2.45) is 0 Å². The van der Waals surface area contributed by atoms with Gasteiger partial charge in [-0.1, -0.05) is 224 Å². The maximum atomic E-state index is 2.43. The molecule has 0 N–H and O–H groups in total. The molecule has 14 aromatic carbocycles. The molecule has 0 atom stereocenters. The average Bonchev–Trinajstić information content (AvgIpc) is 4.23. The Kier molecular flexibility index (Phi) is 9.62. The van der Waals surface area contributed by atoms with Crippen LogP contribution in [0.2, 0.25) is 0 Å². The van der Waals surface area contributed by atoms with E-state index >= 15 is 0 Å². The first kappa shape index (κ1) is 44.1. The molecule has 0 fully saturated rings. The molecule has 0 saturated heterocycles. The zero-order chi connectivity index (χ0) is 51.7. The molecule has 0 radical (unpaired) electrons. The quantitative estimate of drug-likeness (QED) is 0.147. The molecule has 3 heteroatoms. The minimum absolute atomic E-state index is 1.16. The van der Waals surface area contributed by atoms with Crippen molar-refractivity contribution >= 4 is 118 Å². The summed E-state index contributed by atoms with van der Waals surface area (Å²) in [5, 5.41) is 17.6. The summed E-state index contributed by atoms with van der Waals surface area (Å²) < 4.78 is 7.43. The van der Waals surface area contributed by atoms with Gasteiger partial charge >= 0.3 is 0 Å². The SMILES string of the molecule is c1ccc(-n2c3ccccc3c3c(-c4c5ccccc5c(-c5cccc6c5sc5cccc(-c7c8ccccc8c(-c8cccc9c8c8ccccc8n9-c8ccccc8)c8ccccc78)c56)c5ccccc45)cccc32)cc1. The van der Waals surface area contributed by atoms with Gasteiger partial charge in [-0.2, -0.15) is 0 Å². The highest BCUT2D eigenvalue weighted by Gasteiger charge is 2.26. The topological polar surface area (TPSA) is 9.86 Å². The largest absolute Gasteiger partial charge is 0.309 e. The van der Waals surface area contributed by atoms with Crippen molar-refractivity contribution in [1.82, 2.24) is 9.13 Å². The number of hydrogen-bond donors (Lipinski definition) is 0. The predicted octanol–water partition coefficient (Wildman–Crippen LogP) is 21.5. The standard InChI is InChI=1S/C76H46N2S/c1-3-23-47(24-4-1)77-64-42-17-15-35-57(64)73-59(37-20-44-66(73)77)69-49-27-7-9-29-51(49)71(52-30-10-8-28-50(52)69)61-39-22-46-68-75(61)63-41-19-40-62(76(63)79-68)72-55-33-13-11-31-53(55)70(54-32-12-14-34-56(54)72)60-38-21-45-67-74(60)58-36-16-18-43-65(58)78(67)48-25-5-2-6-26-48/h1-46H. The smallest absolute Gasteiger partial charge is 0.0547 e. The van der Waals surface area contributed by atoms with Crippen LogP contribution in [-0.2, 0) is 0 Å². The maximum Gasteiger partial charge on any atom is 0.0547 e. The fraction of sp³-hybridized carbons (Fsp3) is 0. The van der Waals surface area contributed by atoms with Gasteiger partial charge in [0.1, 0.15) is 0 Å². The Labute approximate surface area is 459 Å². The lowest BCUT2D eigenvalue weighted by atomic mass is 9.83. The Bertz CT molecular complexity index is 5250. The van der Waals surface area contributed by atoms with Gasteiger partial charge in [-0.15, -0.1) is 11.3 Å². The van der Waals surface area contributed by atoms with Crippen LogP contribution in [0.4, 0.5) is 0 Å². The van der Waals surface area contributed by atoms with Gasteiger partial charge in [0.15, 0.2) is 0 Å². The lowest BCUT2D eigenvalue weighted by Gasteiger charge is -2.19. The molecule has 0 spiro atoms. The summed E-state index contributed by atoms with van der Waals surface area (Å²) in [5.74, 6) is 0. The molecule has 17 rings (SSSR count). The third-order valence-electron chi connectivity index (χ3n) is 16.9. The third-order valence-corrected chi connectivity index (χ3v) is 18.1. The summed E-state index contributed by atoms with van der Waals surface area (Å²) in [4.78, 5) is 0. The van der Waals surface area contributed by atoms with Crippen molar-refractivity contribution in [3.05, 3.63) is 279 Å². The molecule has 3 heterocycles. The van der Waals surface area contributed by atoms with Crippen molar-refractivity contribution in [3.63, 3.8) is 0 Å². The molecule has 0 unspecified atom stereocenters. The predicted molar refractivity (Wildman–Crippen MR) is 340 cm³/mol. The molecule has 0 saturated carbocycles. The van der Waals surface area contributed by atoms with Crippen molar-refractivity contribution in [3.8, 4) is 55.9 Å². The van der Waals surface area contributed by atoms with E-state index in [2.05, 4.69) is 288 Å². The maximum absolute atomic E-state index is 2.43. The van der Waals surface area contributed by atoms with E-state index in [4.69, 9.17) is 0 Å². The van der Waals surface area contributed by atoms with Gasteiger partial charge in [-0.05, 0) is 137 Å². The van der Waals surface area contributed by atoms with Gasteiger partial charge in [0.2, 0.25) is 0 Å². The van der Waals surface area contributed by atoms with E-state index in [9.17, 15) is 0 Å². The van der Waals surface area contributed by atoms with Crippen LogP contribution >= 0.6 is 11.3 Å². The second kappa shape index (κ2) is 17.2. The summed E-state index contributed by atoms with van der Waals surface area (Å²) in [6, 6.07) is 104. The molecule has 2 nitrogen and oxygen atoms in total. The van der Waals surface area contributed by atoms with Gasteiger partial charge in [0, 0.05) is 58.7 Å². The monoisotopic (exact) mass is 1020 g/mol. The molecule has 0 amide bonds. The van der Waals surface area contributed by atoms with E-state index in [0.29, 0.717) is 0 Å². The number of fused-ring (bicyclic) bond motifs is 13. The van der Waals surface area contributed by atoms with E-state index in [0.717, 1.165) is 11.4 Å². The highest BCUT2D eigenvalue weighted by atomic mass is 32.1. The summed E-state index contributed by atoms with van der Waals surface area (Å²) in [5.41, 5.74) is 17.2. The fourth-order valence-corrected chi connectivity index (χ4v) is 15.1. The molecule has 0 aliphatic rings. The van der Waals surface area contributed by atoms with Crippen molar-refractivity contribution in [1.29, 1.82) is 0 Å². The van der Waals surface area contributed by atoms with Crippen LogP contribution < -0.4 is 0 Å². The number of para-hydroxylation sites is 4. The fourth-order valence-electron chi connectivity index (χ4n) is 13.8. The highest BCUT2D eigenvalue weighted by Crippen LogP contribution is 2.53. The summed E-state index contributed by atoms with van der Waals surface area (Å²) in [7, 11) is 0. The Hall–Kier alpha value is -10.1. The van der Waals surface area contributed by atoms with Crippen molar-refractivity contribution in [2.75, 3.05) is 0 Å². The van der Waals surface area contributed by atoms with Crippen molar-refractivity contribution < 1.29 is 0 Å². The number of benzene rings is 14. The van der Waals surface area contributed by atoms with Crippen LogP contribution in [0.1, 0.15) is 0 Å². The Morgan fingerprint density at radius 2 is 0.494 bits per heavy atom. The normalized spacial score (nSPS) is 12.1. The Morgan fingerprint density at radius 1 is 0.203 bits per heavy atom. The number of thiophene rings is 1. The van der Waals surface area contributed by atoms with E-state index in [1.807, 2.05) is 11.3 Å². The molecular weight excluding hydrogens is 973 g/mol. The van der Waals surface area contributed by atoms with Crippen molar-refractivity contribution in [2.45, 2.75) is 0 Å². The minimum Gasteiger partial charge on any atom is -0.309 e. The third kappa shape index (κ3) is 6.34. The van der Waals surface area contributed by atoms with E-state index < -0.39 is 0 Å². The lowest BCUT2D eigenvalue weighted by Crippen LogP contribution is -1.94. The zero-order valence-electron chi connectivity index (χ0n) is 42.9. The van der Waals surface area contributed by atoms with Crippen LogP contribution in [0, 0.1) is 0 Å². The number of hydrogen-bond acceptors (Lipinski definition) is 1. The van der Waals surface area contributed by atoms with E-state index in [-0.39, 0.29) is 0 Å². The molecule has 366 valence electrons. The summed E-state index contributed by atoms with van der Waals surface area (Å²) in [6.07, 6.45) is 0. The van der Waals surface area contributed by atoms with Crippen LogP contribution in [0.3, 0.4) is 0 Å². The summed E-state index contributed by atoms with van der Waals surface area (Å²) >= 11 is 1.92. The molecule has 0 bridgehead atoms. The van der Waals surface area contributed by atoms with Gasteiger partial charge in [-0.25, -0.2) is 0 Å². The molecule has 0 aliphatic heterocycles. The van der Waals surface area contributed by atoms with Gasteiger partial charge in [0.05, 0.1) is 22.1 Å². The minimum atomic E-state index is 1.16. The first-order chi connectivity index (χ1) is 39.3. The van der Waals surface area contributed by atoms with Crippen LogP contribution in [0.5, 0.6) is 0 Å². The molecule has 17 aromatic rings.